The molecule has 12 aromatic rings. The second-order valence-electron chi connectivity index (χ2n) is 14.4. The molecule has 0 aliphatic rings. The Morgan fingerprint density at radius 3 is 1.50 bits per heavy atom. The van der Waals surface area contributed by atoms with Crippen molar-refractivity contribution in [2.45, 2.75) is 0 Å². The molecule has 0 bridgehead atoms. The molecule has 0 nitrogen and oxygen atoms in total. The first-order chi connectivity index (χ1) is 26.8. The molecule has 0 saturated heterocycles. The van der Waals surface area contributed by atoms with Gasteiger partial charge < -0.3 is 0 Å². The molecule has 10 aromatic carbocycles. The Morgan fingerprint density at radius 2 is 0.778 bits per heavy atom. The molecule has 0 saturated carbocycles. The van der Waals surface area contributed by atoms with Crippen LogP contribution in [0.5, 0.6) is 0 Å². The molecule has 2 heteroatoms. The zero-order valence-electron chi connectivity index (χ0n) is 29.1. The van der Waals surface area contributed by atoms with E-state index in [0.29, 0.717) is 0 Å². The summed E-state index contributed by atoms with van der Waals surface area (Å²) in [4.78, 5) is 0. The van der Waals surface area contributed by atoms with Crippen molar-refractivity contribution in [3.63, 3.8) is 0 Å². The monoisotopic (exact) mass is 718 g/mol. The maximum atomic E-state index is 2.43. The highest BCUT2D eigenvalue weighted by atomic mass is 32.1. The first-order valence-corrected chi connectivity index (χ1v) is 20.1. The van der Waals surface area contributed by atoms with Gasteiger partial charge in [0.1, 0.15) is 0 Å². The number of rotatable bonds is 3. The van der Waals surface area contributed by atoms with E-state index in [4.69, 9.17) is 0 Å². The largest absolute Gasteiger partial charge is 0.135 e. The van der Waals surface area contributed by atoms with E-state index in [1.807, 2.05) is 22.7 Å². The highest BCUT2D eigenvalue weighted by Gasteiger charge is 2.19. The third kappa shape index (κ3) is 4.42. The zero-order chi connectivity index (χ0) is 35.3. The van der Waals surface area contributed by atoms with Gasteiger partial charge in [0.05, 0.1) is 0 Å². The van der Waals surface area contributed by atoms with Crippen LogP contribution in [-0.4, -0.2) is 0 Å². The minimum absolute atomic E-state index is 1.26. The van der Waals surface area contributed by atoms with Gasteiger partial charge in [0.15, 0.2) is 0 Å². The summed E-state index contributed by atoms with van der Waals surface area (Å²) in [5.41, 5.74) is 7.67. The summed E-state index contributed by atoms with van der Waals surface area (Å²) in [6, 6.07) is 67.9. The highest BCUT2D eigenvalue weighted by molar-refractivity contribution is 7.27. The Balaban J connectivity index is 1.02. The van der Waals surface area contributed by atoms with Gasteiger partial charge in [-0.25, -0.2) is 0 Å². The van der Waals surface area contributed by atoms with E-state index >= 15 is 0 Å². The standard InChI is InChI=1S/C52H30S2/c1-3-13-36-31(10-1)12-9-19-40(36)51-43-17-7-5-15-41(43)50(42-16-6-8-18-44(42)51)35-22-25-39-38-24-21-34(29-48(38)53-49(39)30-35)33-23-27-47-46(28-33)45-26-20-32-11-2-4-14-37(32)52(45)54-47/h1-30H. The third-order valence-corrected chi connectivity index (χ3v) is 13.8. The molecule has 12 rings (SSSR count). The summed E-state index contributed by atoms with van der Waals surface area (Å²) in [6.07, 6.45) is 0. The number of thiophene rings is 2. The van der Waals surface area contributed by atoms with Gasteiger partial charge in [-0.15, -0.1) is 22.7 Å². The van der Waals surface area contributed by atoms with Crippen molar-refractivity contribution >= 4 is 106 Å². The molecule has 0 unspecified atom stereocenters. The SMILES string of the molecule is c1ccc2c(-c3c4ccccc4c(-c4ccc5c(c4)sc4cc(-c6ccc7sc8c9ccccc9ccc8c7c6)ccc45)c4ccccc34)cccc2c1. The molecular weight excluding hydrogens is 689 g/mol. The van der Waals surface area contributed by atoms with E-state index in [-0.39, 0.29) is 0 Å². The van der Waals surface area contributed by atoms with Gasteiger partial charge in [-0.1, -0.05) is 158 Å². The van der Waals surface area contributed by atoms with Crippen LogP contribution in [0, 0.1) is 0 Å². The lowest BCUT2D eigenvalue weighted by Gasteiger charge is -2.18. The molecule has 0 fully saturated rings. The normalized spacial score (nSPS) is 12.1. The van der Waals surface area contributed by atoms with Gasteiger partial charge in [-0.05, 0) is 101 Å². The molecular formula is C52H30S2. The Morgan fingerprint density at radius 1 is 0.259 bits per heavy atom. The Labute approximate surface area is 319 Å². The topological polar surface area (TPSA) is 0 Å². The molecule has 0 atom stereocenters. The lowest BCUT2D eigenvalue weighted by atomic mass is 9.84. The Hall–Kier alpha value is -6.32. The van der Waals surface area contributed by atoms with Crippen LogP contribution in [0.3, 0.4) is 0 Å². The van der Waals surface area contributed by atoms with Crippen molar-refractivity contribution in [3.8, 4) is 33.4 Å². The van der Waals surface area contributed by atoms with Crippen molar-refractivity contribution < 1.29 is 0 Å². The highest BCUT2D eigenvalue weighted by Crippen LogP contribution is 2.47. The van der Waals surface area contributed by atoms with Crippen LogP contribution < -0.4 is 0 Å². The molecule has 0 aliphatic heterocycles. The maximum absolute atomic E-state index is 2.43. The quantitative estimate of drug-likeness (QED) is 0.160. The number of benzene rings is 10. The van der Waals surface area contributed by atoms with E-state index in [1.165, 1.54) is 117 Å². The van der Waals surface area contributed by atoms with Gasteiger partial charge in [-0.2, -0.15) is 0 Å². The fourth-order valence-corrected chi connectivity index (χ4v) is 11.4. The van der Waals surface area contributed by atoms with Crippen LogP contribution in [0.25, 0.3) is 117 Å². The van der Waals surface area contributed by atoms with Crippen LogP contribution in [0.15, 0.2) is 182 Å². The third-order valence-electron chi connectivity index (χ3n) is 11.4. The molecule has 0 radical (unpaired) electrons. The first kappa shape index (κ1) is 30.2. The second-order valence-corrected chi connectivity index (χ2v) is 16.5. The smallest absolute Gasteiger partial charge is 0.0433 e. The maximum Gasteiger partial charge on any atom is 0.0433 e. The average molecular weight is 719 g/mol. The summed E-state index contributed by atoms with van der Waals surface area (Å²) in [5, 5.41) is 15.6. The van der Waals surface area contributed by atoms with Crippen molar-refractivity contribution in [1.82, 2.24) is 0 Å². The fourth-order valence-electron chi connectivity index (χ4n) is 8.97. The lowest BCUT2D eigenvalue weighted by Crippen LogP contribution is -1.91. The summed E-state index contributed by atoms with van der Waals surface area (Å²) < 4.78 is 5.35. The van der Waals surface area contributed by atoms with Crippen LogP contribution in [0.4, 0.5) is 0 Å². The van der Waals surface area contributed by atoms with Crippen LogP contribution in [-0.2, 0) is 0 Å². The van der Waals surface area contributed by atoms with Gasteiger partial charge in [0.2, 0.25) is 0 Å². The van der Waals surface area contributed by atoms with Gasteiger partial charge >= 0.3 is 0 Å². The van der Waals surface area contributed by atoms with Gasteiger partial charge in [-0.3, -0.25) is 0 Å². The van der Waals surface area contributed by atoms with E-state index in [2.05, 4.69) is 182 Å². The number of hydrogen-bond donors (Lipinski definition) is 0. The molecule has 2 heterocycles. The van der Waals surface area contributed by atoms with Crippen molar-refractivity contribution in [1.29, 1.82) is 0 Å². The predicted octanol–water partition coefficient (Wildman–Crippen LogP) is 16.0. The van der Waals surface area contributed by atoms with E-state index in [1.54, 1.807) is 0 Å². The summed E-state index contributed by atoms with van der Waals surface area (Å²) in [7, 11) is 0. The molecule has 0 N–H and O–H groups in total. The minimum Gasteiger partial charge on any atom is -0.135 e. The Bertz CT molecular complexity index is 3440. The summed E-state index contributed by atoms with van der Waals surface area (Å²) >= 11 is 3.81. The van der Waals surface area contributed by atoms with E-state index in [0.717, 1.165) is 0 Å². The van der Waals surface area contributed by atoms with E-state index in [9.17, 15) is 0 Å². The van der Waals surface area contributed by atoms with Crippen LogP contribution in [0.2, 0.25) is 0 Å². The average Bonchev–Trinajstić information content (AvgIpc) is 3.80. The lowest BCUT2D eigenvalue weighted by molar-refractivity contribution is 1.69. The zero-order valence-corrected chi connectivity index (χ0v) is 30.8. The summed E-state index contributed by atoms with van der Waals surface area (Å²) in [6.45, 7) is 0. The molecule has 2 aromatic heterocycles. The van der Waals surface area contributed by atoms with Crippen molar-refractivity contribution in [2.75, 3.05) is 0 Å². The molecule has 0 aliphatic carbocycles. The van der Waals surface area contributed by atoms with Crippen molar-refractivity contribution in [3.05, 3.63) is 182 Å². The molecule has 250 valence electrons. The number of fused-ring (bicyclic) bond motifs is 11. The van der Waals surface area contributed by atoms with Crippen molar-refractivity contribution in [2.24, 2.45) is 0 Å². The van der Waals surface area contributed by atoms with Gasteiger partial charge in [0.25, 0.3) is 0 Å². The minimum atomic E-state index is 1.26. The number of hydrogen-bond acceptors (Lipinski definition) is 2. The molecule has 0 amide bonds. The van der Waals surface area contributed by atoms with Crippen LogP contribution >= 0.6 is 22.7 Å². The van der Waals surface area contributed by atoms with Gasteiger partial charge in [0, 0.05) is 40.3 Å². The predicted molar refractivity (Wildman–Crippen MR) is 239 cm³/mol. The fraction of sp³-hybridized carbons (Fsp3) is 0. The molecule has 54 heavy (non-hydrogen) atoms. The summed E-state index contributed by atoms with van der Waals surface area (Å²) in [5.74, 6) is 0. The van der Waals surface area contributed by atoms with Crippen LogP contribution in [0.1, 0.15) is 0 Å². The first-order valence-electron chi connectivity index (χ1n) is 18.5. The van der Waals surface area contributed by atoms with E-state index < -0.39 is 0 Å². The Kier molecular flexibility index (Phi) is 6.48. The molecule has 0 spiro atoms. The second kappa shape index (κ2) is 11.6.